The summed E-state index contributed by atoms with van der Waals surface area (Å²) in [5, 5.41) is 4.63. The Hall–Kier alpha value is -5.67. The van der Waals surface area contributed by atoms with Crippen LogP contribution >= 0.6 is 0 Å². The Morgan fingerprint density at radius 3 is 1.81 bits per heavy atom. The first-order valence-corrected chi connectivity index (χ1v) is 14.1. The van der Waals surface area contributed by atoms with Gasteiger partial charge in [0.2, 0.25) is 0 Å². The third-order valence-corrected chi connectivity index (χ3v) is 7.96. The van der Waals surface area contributed by atoms with Gasteiger partial charge in [-0.3, -0.25) is 4.98 Å². The van der Waals surface area contributed by atoms with Crippen molar-refractivity contribution in [3.8, 4) is 22.3 Å². The molecule has 0 N–H and O–H groups in total. The predicted octanol–water partition coefficient (Wildman–Crippen LogP) is 10.9. The van der Waals surface area contributed by atoms with Crippen molar-refractivity contribution in [3.05, 3.63) is 158 Å². The maximum atomic E-state index is 6.08. The molecular formula is C39H26N2O. The highest BCUT2D eigenvalue weighted by atomic mass is 16.3. The van der Waals surface area contributed by atoms with E-state index in [1.165, 1.54) is 33.0 Å². The van der Waals surface area contributed by atoms with Crippen LogP contribution in [0, 0.1) is 0 Å². The second-order valence-corrected chi connectivity index (χ2v) is 10.5. The zero-order valence-corrected chi connectivity index (χ0v) is 22.8. The van der Waals surface area contributed by atoms with Crippen LogP contribution in [0.15, 0.2) is 162 Å². The van der Waals surface area contributed by atoms with Gasteiger partial charge in [-0.25, -0.2) is 0 Å². The number of hydrogen-bond acceptors (Lipinski definition) is 3. The van der Waals surface area contributed by atoms with Crippen molar-refractivity contribution < 1.29 is 4.42 Å². The minimum atomic E-state index is 0.795. The molecule has 0 saturated carbocycles. The zero-order chi connectivity index (χ0) is 27.9. The van der Waals surface area contributed by atoms with E-state index in [9.17, 15) is 0 Å². The third-order valence-electron chi connectivity index (χ3n) is 7.96. The highest BCUT2D eigenvalue weighted by Crippen LogP contribution is 2.40. The first kappa shape index (κ1) is 24.2. The Bertz CT molecular complexity index is 2180. The van der Waals surface area contributed by atoms with Crippen LogP contribution in [-0.2, 0) is 0 Å². The molecule has 198 valence electrons. The number of rotatable bonds is 5. The van der Waals surface area contributed by atoms with Crippen molar-refractivity contribution in [2.75, 3.05) is 4.90 Å². The molecule has 42 heavy (non-hydrogen) atoms. The Labute approximate surface area is 243 Å². The van der Waals surface area contributed by atoms with Gasteiger partial charge in [-0.05, 0) is 87.6 Å². The van der Waals surface area contributed by atoms with Gasteiger partial charge in [-0.2, -0.15) is 0 Å². The molecule has 2 heterocycles. The monoisotopic (exact) mass is 538 g/mol. The summed E-state index contributed by atoms with van der Waals surface area (Å²) in [4.78, 5) is 6.54. The first-order chi connectivity index (χ1) is 20.8. The summed E-state index contributed by atoms with van der Waals surface area (Å²) < 4.78 is 6.08. The van der Waals surface area contributed by atoms with Crippen molar-refractivity contribution in [2.24, 2.45) is 0 Å². The highest BCUT2D eigenvalue weighted by Gasteiger charge is 2.16. The SMILES string of the molecule is c1ccc(-c2ccc(N(c3ccc(-c4ccc5ccccc5c4)cc3)c3ccc4oc5cnccc5c4c3)cc2)cc1. The molecule has 0 amide bonds. The molecule has 0 fully saturated rings. The predicted molar refractivity (Wildman–Crippen MR) is 175 cm³/mol. The van der Waals surface area contributed by atoms with E-state index in [0.717, 1.165) is 39.0 Å². The summed E-state index contributed by atoms with van der Waals surface area (Å²) in [6.45, 7) is 0. The highest BCUT2D eigenvalue weighted by molar-refractivity contribution is 6.06. The van der Waals surface area contributed by atoms with Crippen LogP contribution in [0.25, 0.3) is 55.0 Å². The Morgan fingerprint density at radius 1 is 0.429 bits per heavy atom. The molecule has 3 nitrogen and oxygen atoms in total. The van der Waals surface area contributed by atoms with Crippen molar-refractivity contribution in [2.45, 2.75) is 0 Å². The normalized spacial score (nSPS) is 11.3. The zero-order valence-electron chi connectivity index (χ0n) is 22.8. The van der Waals surface area contributed by atoms with Crippen LogP contribution in [0.1, 0.15) is 0 Å². The number of pyridine rings is 1. The molecule has 0 spiro atoms. The lowest BCUT2D eigenvalue weighted by Gasteiger charge is -2.26. The van der Waals surface area contributed by atoms with Gasteiger partial charge in [0.05, 0.1) is 6.20 Å². The van der Waals surface area contributed by atoms with E-state index in [1.807, 2.05) is 18.3 Å². The van der Waals surface area contributed by atoms with Gasteiger partial charge in [0.25, 0.3) is 0 Å². The van der Waals surface area contributed by atoms with Gasteiger partial charge in [0.1, 0.15) is 5.58 Å². The standard InChI is InChI=1S/C39H26N2O/c1-2-6-27(7-3-1)29-12-16-33(17-13-29)41(35-20-21-38-37(25-35)36-22-23-40-26-39(36)42-38)34-18-14-30(15-19-34)32-11-10-28-8-4-5-9-31(28)24-32/h1-26H. The Kier molecular flexibility index (Phi) is 5.79. The first-order valence-electron chi connectivity index (χ1n) is 14.1. The van der Waals surface area contributed by atoms with E-state index in [4.69, 9.17) is 4.42 Å². The van der Waals surface area contributed by atoms with Gasteiger partial charge in [0.15, 0.2) is 5.58 Å². The molecule has 8 aromatic rings. The van der Waals surface area contributed by atoms with Gasteiger partial charge >= 0.3 is 0 Å². The lowest BCUT2D eigenvalue weighted by molar-refractivity contribution is 0.667. The summed E-state index contributed by atoms with van der Waals surface area (Å²) in [7, 11) is 0. The fourth-order valence-electron chi connectivity index (χ4n) is 5.81. The number of aromatic nitrogens is 1. The second-order valence-electron chi connectivity index (χ2n) is 10.5. The number of furan rings is 1. The van der Waals surface area contributed by atoms with Crippen molar-refractivity contribution in [1.29, 1.82) is 0 Å². The molecule has 8 rings (SSSR count). The fourth-order valence-corrected chi connectivity index (χ4v) is 5.81. The largest absolute Gasteiger partial charge is 0.454 e. The molecular weight excluding hydrogens is 512 g/mol. The lowest BCUT2D eigenvalue weighted by atomic mass is 10.0. The van der Waals surface area contributed by atoms with Crippen LogP contribution < -0.4 is 4.90 Å². The van der Waals surface area contributed by atoms with Crippen LogP contribution in [0.3, 0.4) is 0 Å². The average Bonchev–Trinajstić information content (AvgIpc) is 3.44. The van der Waals surface area contributed by atoms with Crippen LogP contribution in [0.4, 0.5) is 17.1 Å². The molecule has 0 aliphatic rings. The van der Waals surface area contributed by atoms with E-state index >= 15 is 0 Å². The number of hydrogen-bond donors (Lipinski definition) is 0. The maximum absolute atomic E-state index is 6.08. The molecule has 0 bridgehead atoms. The molecule has 0 aliphatic heterocycles. The summed E-state index contributed by atoms with van der Waals surface area (Å²) >= 11 is 0. The second kappa shape index (κ2) is 10.1. The van der Waals surface area contributed by atoms with Crippen molar-refractivity contribution in [3.63, 3.8) is 0 Å². The van der Waals surface area contributed by atoms with Crippen LogP contribution in [0.5, 0.6) is 0 Å². The average molecular weight is 539 g/mol. The van der Waals surface area contributed by atoms with Gasteiger partial charge < -0.3 is 9.32 Å². The summed E-state index contributed by atoms with van der Waals surface area (Å²) in [5.41, 5.74) is 9.67. The molecule has 0 atom stereocenters. The van der Waals surface area contributed by atoms with E-state index in [0.29, 0.717) is 0 Å². The van der Waals surface area contributed by atoms with E-state index in [2.05, 4.69) is 143 Å². The van der Waals surface area contributed by atoms with E-state index in [-0.39, 0.29) is 0 Å². The molecule has 0 aliphatic carbocycles. The number of anilines is 3. The molecule has 0 saturated heterocycles. The summed E-state index contributed by atoms with van der Waals surface area (Å²) in [6.07, 6.45) is 3.59. The van der Waals surface area contributed by atoms with Crippen LogP contribution in [-0.4, -0.2) is 4.98 Å². The maximum Gasteiger partial charge on any atom is 0.153 e. The summed E-state index contributed by atoms with van der Waals surface area (Å²) in [5.74, 6) is 0. The lowest BCUT2D eigenvalue weighted by Crippen LogP contribution is -2.09. The quantitative estimate of drug-likeness (QED) is 0.218. The number of benzene rings is 6. The van der Waals surface area contributed by atoms with Gasteiger partial charge in [-0.15, -0.1) is 0 Å². The number of nitrogens with zero attached hydrogens (tertiary/aromatic N) is 2. The van der Waals surface area contributed by atoms with Crippen molar-refractivity contribution in [1.82, 2.24) is 4.98 Å². The molecule has 2 aromatic heterocycles. The molecule has 3 heteroatoms. The van der Waals surface area contributed by atoms with Crippen molar-refractivity contribution >= 4 is 49.8 Å². The van der Waals surface area contributed by atoms with Gasteiger partial charge in [-0.1, -0.05) is 91.0 Å². The smallest absolute Gasteiger partial charge is 0.153 e. The van der Waals surface area contributed by atoms with Crippen LogP contribution in [0.2, 0.25) is 0 Å². The Balaban J connectivity index is 1.23. The molecule has 0 radical (unpaired) electrons. The number of fused-ring (bicyclic) bond motifs is 4. The minimum Gasteiger partial charge on any atom is -0.454 e. The third kappa shape index (κ3) is 4.29. The van der Waals surface area contributed by atoms with E-state index < -0.39 is 0 Å². The molecule has 0 unspecified atom stereocenters. The Morgan fingerprint density at radius 2 is 1.05 bits per heavy atom. The molecule has 6 aromatic carbocycles. The van der Waals surface area contributed by atoms with Gasteiger partial charge in [0, 0.05) is 34.0 Å². The van der Waals surface area contributed by atoms with E-state index in [1.54, 1.807) is 6.20 Å². The summed E-state index contributed by atoms with van der Waals surface area (Å²) in [6, 6.07) is 51.7. The minimum absolute atomic E-state index is 0.795. The topological polar surface area (TPSA) is 29.3 Å². The fraction of sp³-hybridized carbons (Fsp3) is 0.